The van der Waals surface area contributed by atoms with Crippen LogP contribution in [0.3, 0.4) is 0 Å². The highest BCUT2D eigenvalue weighted by Gasteiger charge is 2.31. The summed E-state index contributed by atoms with van der Waals surface area (Å²) in [6, 6.07) is 36.8. The van der Waals surface area contributed by atoms with Gasteiger partial charge in [0.1, 0.15) is 0 Å². The average Bonchev–Trinajstić information content (AvgIpc) is 4.00. The molecule has 4 nitrogen and oxygen atoms in total. The number of hydrogen-bond acceptors (Lipinski definition) is 0. The van der Waals surface area contributed by atoms with Gasteiger partial charge in [-0.3, -0.25) is 0 Å². The summed E-state index contributed by atoms with van der Waals surface area (Å²) in [5.74, 6) is 0. The second-order valence-electron chi connectivity index (χ2n) is 17.2. The van der Waals surface area contributed by atoms with Crippen molar-refractivity contribution in [3.05, 3.63) is 128 Å². The normalized spacial score (nSPS) is 12.6. The Hall–Kier alpha value is -4.78. The summed E-state index contributed by atoms with van der Waals surface area (Å²) < 4.78 is 12.9. The number of benzene rings is 5. The van der Waals surface area contributed by atoms with Gasteiger partial charge in [-0.1, -0.05) is 126 Å². The Morgan fingerprint density at radius 3 is 0.750 bits per heavy atom. The van der Waals surface area contributed by atoms with Gasteiger partial charge in [-0.2, -0.15) is 0 Å². The highest BCUT2D eigenvalue weighted by molar-refractivity contribution is 9.11. The van der Waals surface area contributed by atoms with E-state index in [9.17, 15) is 0 Å². The van der Waals surface area contributed by atoms with Crippen molar-refractivity contribution in [2.45, 2.75) is 105 Å². The molecular formula is C54H52Br2N4. The van der Waals surface area contributed by atoms with Crippen molar-refractivity contribution < 1.29 is 0 Å². The largest absolute Gasteiger partial charge is 0.304 e. The number of rotatable bonds is 12. The molecule has 11 aromatic rings. The minimum Gasteiger partial charge on any atom is -0.304 e. The van der Waals surface area contributed by atoms with Crippen molar-refractivity contribution in [2.24, 2.45) is 0 Å². The lowest BCUT2D eigenvalue weighted by molar-refractivity contribution is 0.799. The van der Waals surface area contributed by atoms with E-state index in [-0.39, 0.29) is 0 Å². The highest BCUT2D eigenvalue weighted by atomic mass is 79.9. The van der Waals surface area contributed by atoms with Crippen LogP contribution < -0.4 is 0 Å². The second-order valence-corrected chi connectivity index (χ2v) is 18.7. The van der Waals surface area contributed by atoms with Crippen LogP contribution in [-0.2, 0) is 25.7 Å². The summed E-state index contributed by atoms with van der Waals surface area (Å²) in [5.41, 5.74) is 21.2. The number of hydrogen-bond donors (Lipinski definition) is 0. The van der Waals surface area contributed by atoms with Gasteiger partial charge < -0.3 is 17.6 Å². The minimum atomic E-state index is 1.04. The summed E-state index contributed by atoms with van der Waals surface area (Å²) in [6.45, 7) is 9.29. The fourth-order valence-corrected chi connectivity index (χ4v) is 12.5. The Balaban J connectivity index is 1.51. The molecule has 0 bridgehead atoms. The molecule has 0 N–H and O–H groups in total. The smallest absolute Gasteiger partial charge is 0.0882 e. The van der Waals surface area contributed by atoms with E-state index in [1.54, 1.807) is 0 Å². The van der Waals surface area contributed by atoms with Crippen LogP contribution in [0.1, 0.15) is 101 Å². The third kappa shape index (κ3) is 5.19. The maximum atomic E-state index is 4.56. The SMILES string of the molecule is CCCCc1c2ccccc2n2c1c1c(CCCC)c3ccccc3n1c1c(Br)c3c(c(Br)c12)n1c2ccccc2c(CCCC)c1c1c(CCCC)c2ccccc2n13. The van der Waals surface area contributed by atoms with Gasteiger partial charge in [0.25, 0.3) is 0 Å². The molecule has 0 aliphatic rings. The summed E-state index contributed by atoms with van der Waals surface area (Å²) >= 11 is 9.12. The number of halogens is 2. The first kappa shape index (κ1) is 38.2. The van der Waals surface area contributed by atoms with Crippen molar-refractivity contribution >= 4 is 120 Å². The van der Waals surface area contributed by atoms with Crippen molar-refractivity contribution in [1.29, 1.82) is 0 Å². The zero-order chi connectivity index (χ0) is 40.8. The Bertz CT molecular complexity index is 3060. The summed E-state index contributed by atoms with van der Waals surface area (Å²) in [7, 11) is 0. The lowest BCUT2D eigenvalue weighted by Gasteiger charge is -2.20. The molecule has 6 heterocycles. The quantitative estimate of drug-likeness (QED) is 0.109. The third-order valence-corrected chi connectivity index (χ3v) is 15.2. The van der Waals surface area contributed by atoms with Gasteiger partial charge in [-0.15, -0.1) is 0 Å². The zero-order valence-electron chi connectivity index (χ0n) is 35.3. The molecular weight excluding hydrogens is 864 g/mol. The molecule has 0 unspecified atom stereocenters. The molecule has 0 atom stereocenters. The van der Waals surface area contributed by atoms with Crippen molar-refractivity contribution in [1.82, 2.24) is 17.6 Å². The van der Waals surface area contributed by atoms with E-state index >= 15 is 0 Å². The molecule has 0 spiro atoms. The van der Waals surface area contributed by atoms with Crippen LogP contribution in [0.2, 0.25) is 0 Å². The van der Waals surface area contributed by atoms with Crippen LogP contribution in [0.25, 0.3) is 87.7 Å². The predicted octanol–water partition coefficient (Wildman–Crippen LogP) is 16.5. The summed E-state index contributed by atoms with van der Waals surface area (Å²) in [6.07, 6.45) is 13.4. The van der Waals surface area contributed by atoms with E-state index in [4.69, 9.17) is 0 Å². The fourth-order valence-electron chi connectivity index (χ4n) is 11.0. The maximum Gasteiger partial charge on any atom is 0.0882 e. The summed E-state index contributed by atoms with van der Waals surface area (Å²) in [5, 5.41) is 5.45. The lowest BCUT2D eigenvalue weighted by atomic mass is 10.0. The maximum absolute atomic E-state index is 4.56. The van der Waals surface area contributed by atoms with Crippen molar-refractivity contribution in [2.75, 3.05) is 0 Å². The minimum absolute atomic E-state index is 1.04. The number of fused-ring (bicyclic) bond motifs is 20. The van der Waals surface area contributed by atoms with Gasteiger partial charge in [0, 0.05) is 21.5 Å². The van der Waals surface area contributed by atoms with Gasteiger partial charge in [-0.05, 0) is 130 Å². The molecule has 0 radical (unpaired) electrons. The van der Waals surface area contributed by atoms with Crippen molar-refractivity contribution in [3.63, 3.8) is 0 Å². The fraction of sp³-hybridized carbons (Fsp3) is 0.296. The molecule has 0 amide bonds. The second kappa shape index (κ2) is 15.0. The first-order valence-corrected chi connectivity index (χ1v) is 24.2. The topological polar surface area (TPSA) is 17.6 Å². The molecule has 6 heteroatoms. The first-order valence-electron chi connectivity index (χ1n) is 22.6. The van der Waals surface area contributed by atoms with Gasteiger partial charge in [0.2, 0.25) is 0 Å². The molecule has 6 aromatic heterocycles. The van der Waals surface area contributed by atoms with E-state index in [0.29, 0.717) is 0 Å². The van der Waals surface area contributed by atoms with Crippen LogP contribution in [-0.4, -0.2) is 17.6 Å². The molecule has 0 saturated heterocycles. The van der Waals surface area contributed by atoms with E-state index in [1.807, 2.05) is 0 Å². The Morgan fingerprint density at radius 1 is 0.317 bits per heavy atom. The summed E-state index contributed by atoms with van der Waals surface area (Å²) in [4.78, 5) is 0. The Labute approximate surface area is 368 Å². The van der Waals surface area contributed by atoms with E-state index in [2.05, 4.69) is 174 Å². The van der Waals surface area contributed by atoms with Crippen LogP contribution in [0.5, 0.6) is 0 Å². The van der Waals surface area contributed by atoms with Crippen LogP contribution in [0.4, 0.5) is 0 Å². The van der Waals surface area contributed by atoms with E-state index in [0.717, 1.165) is 86.0 Å². The number of aryl methyl sites for hydroxylation is 4. The van der Waals surface area contributed by atoms with Crippen LogP contribution in [0.15, 0.2) is 106 Å². The molecule has 0 saturated carbocycles. The molecule has 302 valence electrons. The molecule has 11 rings (SSSR count). The van der Waals surface area contributed by atoms with Gasteiger partial charge >= 0.3 is 0 Å². The highest BCUT2D eigenvalue weighted by Crippen LogP contribution is 2.50. The van der Waals surface area contributed by atoms with Gasteiger partial charge in [0.15, 0.2) is 0 Å². The van der Waals surface area contributed by atoms with Crippen LogP contribution in [0, 0.1) is 0 Å². The molecule has 0 aliphatic carbocycles. The zero-order valence-corrected chi connectivity index (χ0v) is 38.4. The molecule has 5 aromatic carbocycles. The van der Waals surface area contributed by atoms with Gasteiger partial charge in [0.05, 0.1) is 75.1 Å². The Morgan fingerprint density at radius 2 is 0.533 bits per heavy atom. The van der Waals surface area contributed by atoms with Crippen molar-refractivity contribution in [3.8, 4) is 0 Å². The average molecular weight is 917 g/mol. The van der Waals surface area contributed by atoms with Crippen LogP contribution >= 0.6 is 31.9 Å². The Kier molecular flexibility index (Phi) is 9.53. The molecule has 0 aliphatic heterocycles. The molecule has 0 fully saturated rings. The number of unbranched alkanes of at least 4 members (excludes halogenated alkanes) is 4. The number of para-hydroxylation sites is 4. The van der Waals surface area contributed by atoms with E-state index < -0.39 is 0 Å². The monoisotopic (exact) mass is 914 g/mol. The standard InChI is InChI=1S/C54H52Br2N4/c1-5-9-21-37-33-25-13-17-29-41(33)57-47(37)48-38(22-10-6-2)34-26-14-18-30-42(34)58(48)52-46(56)54-53(45(55)51(52)57)59-43-31-19-15-27-35(43)39(23-11-7-3)49(59)50-40(24-12-8-4)36-28-16-20-32-44(36)60(50)54/h13-20,25-32H,5-12,21-24H2,1-4H3. The predicted molar refractivity (Wildman–Crippen MR) is 265 cm³/mol. The lowest BCUT2D eigenvalue weighted by Crippen LogP contribution is -2.06. The number of aromatic nitrogens is 4. The number of nitrogens with zero attached hydrogens (tertiary/aromatic N) is 4. The third-order valence-electron chi connectivity index (χ3n) is 13.7. The van der Waals surface area contributed by atoms with E-state index in [1.165, 1.54) is 110 Å². The molecule has 60 heavy (non-hydrogen) atoms. The first-order chi connectivity index (χ1) is 29.5. The van der Waals surface area contributed by atoms with Gasteiger partial charge in [-0.25, -0.2) is 0 Å².